The van der Waals surface area contributed by atoms with Gasteiger partial charge >= 0.3 is 6.18 Å². The molecule has 0 aromatic heterocycles. The number of nitrogens with one attached hydrogen (secondary N) is 2. The third-order valence-corrected chi connectivity index (χ3v) is 3.49. The van der Waals surface area contributed by atoms with Gasteiger partial charge in [0.15, 0.2) is 0 Å². The molecule has 138 valence electrons. The molecule has 0 atom stereocenters. The van der Waals surface area contributed by atoms with Crippen LogP contribution in [0.1, 0.15) is 21.5 Å². The normalized spacial score (nSPS) is 11.1. The van der Waals surface area contributed by atoms with Gasteiger partial charge in [-0.2, -0.15) is 13.2 Å². The van der Waals surface area contributed by atoms with Crippen LogP contribution in [0.3, 0.4) is 0 Å². The second-order valence-electron chi connectivity index (χ2n) is 5.45. The predicted octanol–water partition coefficient (Wildman–Crippen LogP) is 2.93. The first kappa shape index (κ1) is 19.4. The highest BCUT2D eigenvalue weighted by Gasteiger charge is 2.34. The molecule has 0 unspecified atom stereocenters. The minimum Gasteiger partial charge on any atom is -0.354 e. The Labute approximate surface area is 147 Å². The predicted molar refractivity (Wildman–Crippen MR) is 86.9 cm³/mol. The van der Waals surface area contributed by atoms with E-state index in [-0.39, 0.29) is 25.4 Å². The summed E-state index contributed by atoms with van der Waals surface area (Å²) in [5, 5.41) is 4.86. The molecule has 0 spiro atoms. The maximum absolute atomic E-state index is 12.9. The van der Waals surface area contributed by atoms with Gasteiger partial charge in [-0.1, -0.05) is 24.3 Å². The first-order chi connectivity index (χ1) is 12.3. The molecule has 2 N–H and O–H groups in total. The van der Waals surface area contributed by atoms with Crippen LogP contribution in [-0.4, -0.2) is 24.9 Å². The molecule has 8 heteroatoms. The first-order valence-electron chi connectivity index (χ1n) is 7.73. The van der Waals surface area contributed by atoms with E-state index < -0.39 is 29.0 Å². The fourth-order valence-corrected chi connectivity index (χ4v) is 2.25. The summed E-state index contributed by atoms with van der Waals surface area (Å²) >= 11 is 0. The van der Waals surface area contributed by atoms with Gasteiger partial charge in [-0.25, -0.2) is 4.39 Å². The topological polar surface area (TPSA) is 58.2 Å². The smallest absolute Gasteiger partial charge is 0.354 e. The van der Waals surface area contributed by atoms with Gasteiger partial charge in [-0.3, -0.25) is 9.59 Å². The standard InChI is InChI=1S/C18H16F4N2O2/c19-13-7-5-12(6-8-13)11-16(25)23-9-10-24-17(26)14-3-1-2-4-15(14)18(20,21)22/h1-8H,9-11H2,(H,23,25)(H,24,26). The van der Waals surface area contributed by atoms with Gasteiger partial charge in [0.1, 0.15) is 5.82 Å². The van der Waals surface area contributed by atoms with Crippen LogP contribution in [0.5, 0.6) is 0 Å². The summed E-state index contributed by atoms with van der Waals surface area (Å²) in [6.45, 7) is 0.0279. The maximum atomic E-state index is 12.9. The van der Waals surface area contributed by atoms with Crippen molar-refractivity contribution >= 4 is 11.8 Å². The zero-order chi connectivity index (χ0) is 19.2. The Morgan fingerprint density at radius 1 is 0.885 bits per heavy atom. The summed E-state index contributed by atoms with van der Waals surface area (Å²) in [5.74, 6) is -1.62. The molecule has 0 saturated heterocycles. The molecule has 2 aromatic rings. The quantitative estimate of drug-likeness (QED) is 0.609. The number of carbonyl (C=O) groups is 2. The van der Waals surface area contributed by atoms with E-state index in [0.29, 0.717) is 5.56 Å². The van der Waals surface area contributed by atoms with Crippen LogP contribution in [0.4, 0.5) is 17.6 Å². The summed E-state index contributed by atoms with van der Waals surface area (Å²) in [6, 6.07) is 9.89. The number of rotatable bonds is 6. The number of carbonyl (C=O) groups excluding carboxylic acids is 2. The van der Waals surface area contributed by atoms with Gasteiger partial charge in [0, 0.05) is 13.1 Å². The molecular formula is C18H16F4N2O2. The zero-order valence-electron chi connectivity index (χ0n) is 13.6. The Hall–Kier alpha value is -2.90. The average molecular weight is 368 g/mol. The Morgan fingerprint density at radius 2 is 1.50 bits per heavy atom. The summed E-state index contributed by atoms with van der Waals surface area (Å²) in [4.78, 5) is 23.7. The maximum Gasteiger partial charge on any atom is 0.417 e. The van der Waals surface area contributed by atoms with E-state index >= 15 is 0 Å². The second-order valence-corrected chi connectivity index (χ2v) is 5.45. The van der Waals surface area contributed by atoms with Crippen molar-refractivity contribution in [3.63, 3.8) is 0 Å². The van der Waals surface area contributed by atoms with E-state index in [4.69, 9.17) is 0 Å². The summed E-state index contributed by atoms with van der Waals surface area (Å²) < 4.78 is 51.4. The molecular weight excluding hydrogens is 352 g/mol. The van der Waals surface area contributed by atoms with E-state index in [1.165, 1.54) is 36.4 Å². The Morgan fingerprint density at radius 3 is 2.15 bits per heavy atom. The molecule has 0 bridgehead atoms. The van der Waals surface area contributed by atoms with E-state index in [0.717, 1.165) is 12.1 Å². The number of amides is 2. The molecule has 2 aromatic carbocycles. The van der Waals surface area contributed by atoms with Crippen LogP contribution >= 0.6 is 0 Å². The van der Waals surface area contributed by atoms with Crippen LogP contribution in [0, 0.1) is 5.82 Å². The molecule has 2 amide bonds. The highest BCUT2D eigenvalue weighted by Crippen LogP contribution is 2.31. The lowest BCUT2D eigenvalue weighted by Crippen LogP contribution is -2.36. The molecule has 0 aliphatic carbocycles. The highest BCUT2D eigenvalue weighted by molar-refractivity contribution is 5.95. The Kier molecular flexibility index (Phi) is 6.32. The molecule has 0 fully saturated rings. The molecule has 0 saturated carbocycles. The highest BCUT2D eigenvalue weighted by atomic mass is 19.4. The Bertz CT molecular complexity index is 774. The molecule has 0 aliphatic rings. The third kappa shape index (κ3) is 5.58. The van der Waals surface area contributed by atoms with Gasteiger partial charge in [-0.05, 0) is 29.8 Å². The van der Waals surface area contributed by atoms with Crippen molar-refractivity contribution in [2.75, 3.05) is 13.1 Å². The number of hydrogen-bond donors (Lipinski definition) is 2. The monoisotopic (exact) mass is 368 g/mol. The SMILES string of the molecule is O=C(Cc1ccc(F)cc1)NCCNC(=O)c1ccccc1C(F)(F)F. The molecule has 0 radical (unpaired) electrons. The van der Waals surface area contributed by atoms with E-state index in [1.807, 2.05) is 0 Å². The summed E-state index contributed by atoms with van der Waals surface area (Å²) in [7, 11) is 0. The van der Waals surface area contributed by atoms with Crippen molar-refractivity contribution < 1.29 is 27.2 Å². The minimum absolute atomic E-state index is 0.0276. The largest absolute Gasteiger partial charge is 0.417 e. The first-order valence-corrected chi connectivity index (χ1v) is 7.73. The van der Waals surface area contributed by atoms with Crippen molar-refractivity contribution in [2.45, 2.75) is 12.6 Å². The van der Waals surface area contributed by atoms with Gasteiger partial charge in [0.05, 0.1) is 17.5 Å². The lowest BCUT2D eigenvalue weighted by molar-refractivity contribution is -0.138. The average Bonchev–Trinajstić information content (AvgIpc) is 2.60. The van der Waals surface area contributed by atoms with Crippen molar-refractivity contribution in [3.05, 3.63) is 71.0 Å². The number of alkyl halides is 3. The number of hydrogen-bond acceptors (Lipinski definition) is 2. The van der Waals surface area contributed by atoms with Crippen LogP contribution in [0.15, 0.2) is 48.5 Å². The number of halogens is 4. The molecule has 0 heterocycles. The van der Waals surface area contributed by atoms with Crippen LogP contribution in [-0.2, 0) is 17.4 Å². The van der Waals surface area contributed by atoms with Crippen LogP contribution in [0.25, 0.3) is 0 Å². The van der Waals surface area contributed by atoms with Gasteiger partial charge in [0.2, 0.25) is 5.91 Å². The third-order valence-electron chi connectivity index (χ3n) is 3.49. The summed E-state index contributed by atoms with van der Waals surface area (Å²) in [6.07, 6.45) is -4.59. The Balaban J connectivity index is 1.80. The minimum atomic E-state index is -4.63. The molecule has 0 aliphatic heterocycles. The molecule has 26 heavy (non-hydrogen) atoms. The van der Waals surface area contributed by atoms with Crippen LogP contribution < -0.4 is 10.6 Å². The van der Waals surface area contributed by atoms with Gasteiger partial charge < -0.3 is 10.6 Å². The van der Waals surface area contributed by atoms with Gasteiger partial charge in [-0.15, -0.1) is 0 Å². The lowest BCUT2D eigenvalue weighted by Gasteiger charge is -2.13. The fraction of sp³-hybridized carbons (Fsp3) is 0.222. The van der Waals surface area contributed by atoms with Gasteiger partial charge in [0.25, 0.3) is 5.91 Å². The molecule has 4 nitrogen and oxygen atoms in total. The fourth-order valence-electron chi connectivity index (χ4n) is 2.25. The lowest BCUT2D eigenvalue weighted by atomic mass is 10.1. The van der Waals surface area contributed by atoms with E-state index in [2.05, 4.69) is 10.6 Å². The zero-order valence-corrected chi connectivity index (χ0v) is 13.6. The van der Waals surface area contributed by atoms with Crippen molar-refractivity contribution in [1.82, 2.24) is 10.6 Å². The van der Waals surface area contributed by atoms with Crippen molar-refractivity contribution in [2.24, 2.45) is 0 Å². The number of benzene rings is 2. The van der Waals surface area contributed by atoms with Crippen molar-refractivity contribution in [1.29, 1.82) is 0 Å². The van der Waals surface area contributed by atoms with E-state index in [1.54, 1.807) is 0 Å². The summed E-state index contributed by atoms with van der Waals surface area (Å²) in [5.41, 5.74) is -0.873. The second kappa shape index (κ2) is 8.46. The molecule has 2 rings (SSSR count). The van der Waals surface area contributed by atoms with Crippen molar-refractivity contribution in [3.8, 4) is 0 Å². The van der Waals surface area contributed by atoms with Crippen LogP contribution in [0.2, 0.25) is 0 Å². The van der Waals surface area contributed by atoms with E-state index in [9.17, 15) is 27.2 Å².